The molecule has 1 aromatic rings. The Balaban J connectivity index is 3.05. The second-order valence-electron chi connectivity index (χ2n) is 2.13. The Morgan fingerprint density at radius 1 is 1.50 bits per heavy atom. The van der Waals surface area contributed by atoms with Crippen LogP contribution in [0.25, 0.3) is 0 Å². The van der Waals surface area contributed by atoms with Gasteiger partial charge >= 0.3 is 0 Å². The third kappa shape index (κ3) is 2.33. The van der Waals surface area contributed by atoms with Crippen LogP contribution in [0, 0.1) is 17.7 Å². The SMILES string of the molecule is NCC#Cc1cc(Br)ccc1F. The lowest BCUT2D eigenvalue weighted by molar-refractivity contribution is 0.624. The minimum Gasteiger partial charge on any atom is -0.320 e. The van der Waals surface area contributed by atoms with Crippen LogP contribution < -0.4 is 5.73 Å². The van der Waals surface area contributed by atoms with Gasteiger partial charge in [0.2, 0.25) is 0 Å². The summed E-state index contributed by atoms with van der Waals surface area (Å²) in [5.74, 6) is 4.90. The molecule has 3 heteroatoms. The summed E-state index contributed by atoms with van der Waals surface area (Å²) in [5, 5.41) is 0. The molecule has 0 saturated carbocycles. The standard InChI is InChI=1S/C9H7BrFN/c10-8-3-4-9(11)7(6-8)2-1-5-12/h3-4,6H,5,12H2. The first kappa shape index (κ1) is 9.24. The zero-order valence-electron chi connectivity index (χ0n) is 6.27. The number of rotatable bonds is 0. The Labute approximate surface area is 78.9 Å². The summed E-state index contributed by atoms with van der Waals surface area (Å²) < 4.78 is 13.7. The van der Waals surface area contributed by atoms with Gasteiger partial charge in [-0.3, -0.25) is 0 Å². The molecule has 0 amide bonds. The Kier molecular flexibility index (Phi) is 3.27. The minimum atomic E-state index is -0.320. The normalized spacial score (nSPS) is 8.92. The van der Waals surface area contributed by atoms with Crippen molar-refractivity contribution in [1.82, 2.24) is 0 Å². The number of benzene rings is 1. The molecule has 0 heterocycles. The molecular formula is C9H7BrFN. The Bertz CT molecular complexity index is 338. The van der Waals surface area contributed by atoms with Gasteiger partial charge in [0.15, 0.2) is 0 Å². The molecule has 0 fully saturated rings. The Morgan fingerprint density at radius 2 is 2.25 bits per heavy atom. The van der Waals surface area contributed by atoms with E-state index in [2.05, 4.69) is 27.8 Å². The quantitative estimate of drug-likeness (QED) is 0.674. The van der Waals surface area contributed by atoms with Crippen molar-refractivity contribution in [2.24, 2.45) is 5.73 Å². The molecule has 2 N–H and O–H groups in total. The molecule has 12 heavy (non-hydrogen) atoms. The second-order valence-corrected chi connectivity index (χ2v) is 3.05. The van der Waals surface area contributed by atoms with Crippen LogP contribution in [-0.4, -0.2) is 6.54 Å². The van der Waals surface area contributed by atoms with Crippen molar-refractivity contribution in [2.75, 3.05) is 6.54 Å². The van der Waals surface area contributed by atoms with Crippen LogP contribution in [0.3, 0.4) is 0 Å². The van der Waals surface area contributed by atoms with Gasteiger partial charge in [0.1, 0.15) is 5.82 Å². The summed E-state index contributed by atoms with van der Waals surface area (Å²) in [6, 6.07) is 4.62. The zero-order chi connectivity index (χ0) is 8.97. The van der Waals surface area contributed by atoms with E-state index in [0.717, 1.165) is 4.47 Å². The molecule has 0 radical (unpaired) electrons. The maximum absolute atomic E-state index is 12.9. The summed E-state index contributed by atoms with van der Waals surface area (Å²) in [4.78, 5) is 0. The van der Waals surface area contributed by atoms with Crippen molar-refractivity contribution in [3.8, 4) is 11.8 Å². The molecule has 0 saturated heterocycles. The number of nitrogens with two attached hydrogens (primary N) is 1. The summed E-state index contributed by atoms with van der Waals surface area (Å²) in [5.41, 5.74) is 5.53. The molecule has 0 aliphatic carbocycles. The molecule has 0 aliphatic heterocycles. The van der Waals surface area contributed by atoms with Gasteiger partial charge in [-0.05, 0) is 18.2 Å². The maximum atomic E-state index is 12.9. The minimum absolute atomic E-state index is 0.242. The van der Waals surface area contributed by atoms with Crippen LogP contribution in [0.1, 0.15) is 5.56 Å². The summed E-state index contributed by atoms with van der Waals surface area (Å²) in [7, 11) is 0. The van der Waals surface area contributed by atoms with Crippen LogP contribution in [-0.2, 0) is 0 Å². The van der Waals surface area contributed by atoms with Gasteiger partial charge in [0, 0.05) is 4.47 Å². The van der Waals surface area contributed by atoms with E-state index in [4.69, 9.17) is 5.73 Å². The fourth-order valence-corrected chi connectivity index (χ4v) is 1.10. The third-order valence-electron chi connectivity index (χ3n) is 1.25. The average Bonchev–Trinajstić information content (AvgIpc) is 2.07. The monoisotopic (exact) mass is 227 g/mol. The van der Waals surface area contributed by atoms with Crippen molar-refractivity contribution in [3.63, 3.8) is 0 Å². The lowest BCUT2D eigenvalue weighted by atomic mass is 10.2. The van der Waals surface area contributed by atoms with Gasteiger partial charge < -0.3 is 5.73 Å². The molecule has 0 spiro atoms. The summed E-state index contributed by atoms with van der Waals surface area (Å²) >= 11 is 3.22. The third-order valence-corrected chi connectivity index (χ3v) is 1.75. The molecule has 0 atom stereocenters. The van der Waals surface area contributed by atoms with E-state index in [1.807, 2.05) is 0 Å². The molecule has 0 aromatic heterocycles. The first-order valence-corrected chi connectivity index (χ1v) is 4.17. The summed E-state index contributed by atoms with van der Waals surface area (Å²) in [6.07, 6.45) is 0. The van der Waals surface area contributed by atoms with Crippen LogP contribution >= 0.6 is 15.9 Å². The van der Waals surface area contributed by atoms with E-state index >= 15 is 0 Å². The van der Waals surface area contributed by atoms with E-state index in [-0.39, 0.29) is 12.4 Å². The predicted octanol–water partition coefficient (Wildman–Crippen LogP) is 1.90. The highest BCUT2D eigenvalue weighted by Crippen LogP contribution is 2.14. The molecule has 0 aliphatic rings. The fraction of sp³-hybridized carbons (Fsp3) is 0.111. The van der Waals surface area contributed by atoms with E-state index in [0.29, 0.717) is 5.56 Å². The van der Waals surface area contributed by atoms with Crippen molar-refractivity contribution >= 4 is 15.9 Å². The molecule has 1 nitrogen and oxygen atoms in total. The highest BCUT2D eigenvalue weighted by atomic mass is 79.9. The largest absolute Gasteiger partial charge is 0.320 e. The molecule has 0 unspecified atom stereocenters. The topological polar surface area (TPSA) is 26.0 Å². The van der Waals surface area contributed by atoms with E-state index in [1.165, 1.54) is 6.07 Å². The molecule has 1 aromatic carbocycles. The van der Waals surface area contributed by atoms with Crippen molar-refractivity contribution in [1.29, 1.82) is 0 Å². The van der Waals surface area contributed by atoms with E-state index < -0.39 is 0 Å². The Hall–Kier alpha value is -0.850. The molecule has 0 bridgehead atoms. The molecule has 62 valence electrons. The maximum Gasteiger partial charge on any atom is 0.138 e. The number of hydrogen-bond acceptors (Lipinski definition) is 1. The first-order valence-electron chi connectivity index (χ1n) is 3.38. The fourth-order valence-electron chi connectivity index (χ4n) is 0.740. The predicted molar refractivity (Wildman–Crippen MR) is 50.0 cm³/mol. The first-order chi connectivity index (χ1) is 5.74. The van der Waals surface area contributed by atoms with Gasteiger partial charge in [-0.2, -0.15) is 0 Å². The van der Waals surface area contributed by atoms with Crippen molar-refractivity contribution in [3.05, 3.63) is 34.1 Å². The van der Waals surface area contributed by atoms with Crippen LogP contribution in [0.15, 0.2) is 22.7 Å². The van der Waals surface area contributed by atoms with Gasteiger partial charge in [0.25, 0.3) is 0 Å². The molecule has 1 rings (SSSR count). The van der Waals surface area contributed by atoms with E-state index in [1.54, 1.807) is 12.1 Å². The second kappa shape index (κ2) is 4.24. The lowest BCUT2D eigenvalue weighted by Crippen LogP contribution is -1.93. The van der Waals surface area contributed by atoms with Crippen molar-refractivity contribution in [2.45, 2.75) is 0 Å². The van der Waals surface area contributed by atoms with Crippen molar-refractivity contribution < 1.29 is 4.39 Å². The highest BCUT2D eigenvalue weighted by Gasteiger charge is 1.97. The summed E-state index contributed by atoms with van der Waals surface area (Å²) in [6.45, 7) is 0.242. The van der Waals surface area contributed by atoms with E-state index in [9.17, 15) is 4.39 Å². The van der Waals surface area contributed by atoms with Gasteiger partial charge in [-0.25, -0.2) is 4.39 Å². The van der Waals surface area contributed by atoms with Gasteiger partial charge in [0.05, 0.1) is 12.1 Å². The highest BCUT2D eigenvalue weighted by molar-refractivity contribution is 9.10. The zero-order valence-corrected chi connectivity index (χ0v) is 7.86. The lowest BCUT2D eigenvalue weighted by Gasteiger charge is -1.94. The van der Waals surface area contributed by atoms with Crippen LogP contribution in [0.2, 0.25) is 0 Å². The average molecular weight is 228 g/mol. The van der Waals surface area contributed by atoms with Gasteiger partial charge in [-0.15, -0.1) is 0 Å². The number of hydrogen-bond donors (Lipinski definition) is 1. The van der Waals surface area contributed by atoms with Gasteiger partial charge in [-0.1, -0.05) is 27.8 Å². The van der Waals surface area contributed by atoms with Crippen LogP contribution in [0.4, 0.5) is 4.39 Å². The molecular weight excluding hydrogens is 221 g/mol. The number of halogens is 2. The van der Waals surface area contributed by atoms with Crippen LogP contribution in [0.5, 0.6) is 0 Å². The Morgan fingerprint density at radius 3 is 2.92 bits per heavy atom. The smallest absolute Gasteiger partial charge is 0.138 e.